The van der Waals surface area contributed by atoms with Crippen molar-refractivity contribution >= 4 is 63.5 Å². The lowest BCUT2D eigenvalue weighted by atomic mass is 9.96. The Labute approximate surface area is 310 Å². The Kier molecular flexibility index (Phi) is 11.4. The Hall–Kier alpha value is -6.35. The summed E-state index contributed by atoms with van der Waals surface area (Å²) in [5.74, 6) is -1.79. The number of carbonyl (C=O) groups is 2. The summed E-state index contributed by atoms with van der Waals surface area (Å²) in [5.41, 5.74) is 9.40. The topological polar surface area (TPSA) is 189 Å². The van der Waals surface area contributed by atoms with Crippen LogP contribution >= 0.6 is 35.2 Å². The van der Waals surface area contributed by atoms with E-state index in [4.69, 9.17) is 34.3 Å². The minimum absolute atomic E-state index is 0.0266. The summed E-state index contributed by atoms with van der Waals surface area (Å²) >= 11 is 12.3. The van der Waals surface area contributed by atoms with Crippen LogP contribution in [0.4, 0.5) is 11.4 Å². The number of methoxy groups -OCH3 is 1. The monoisotopic (exact) mass is 752 g/mol. The summed E-state index contributed by atoms with van der Waals surface area (Å²) in [6, 6.07) is 29.0. The highest BCUT2D eigenvalue weighted by molar-refractivity contribution is 7.80. The number of ether oxygens (including phenoxy) is 1. The van der Waals surface area contributed by atoms with Crippen LogP contribution in [-0.2, 0) is 4.74 Å². The Bertz CT molecular complexity index is 2380. The first-order chi connectivity index (χ1) is 24.9. The Morgan fingerprint density at radius 2 is 1.38 bits per heavy atom. The molecule has 1 aromatic heterocycles. The Morgan fingerprint density at radius 1 is 0.788 bits per heavy atom. The maximum Gasteiger partial charge on any atom is 0.338 e. The third kappa shape index (κ3) is 8.16. The van der Waals surface area contributed by atoms with Crippen molar-refractivity contribution in [3.8, 4) is 44.1 Å². The molecule has 0 atom stereocenters. The van der Waals surface area contributed by atoms with Gasteiger partial charge in [0.1, 0.15) is 10.00 Å². The average Bonchev–Trinajstić information content (AvgIpc) is 3.65. The molecule has 6 rings (SSSR count). The van der Waals surface area contributed by atoms with Gasteiger partial charge in [0.15, 0.2) is 0 Å². The van der Waals surface area contributed by atoms with Gasteiger partial charge in [-0.25, -0.2) is 14.6 Å². The van der Waals surface area contributed by atoms with E-state index < -0.39 is 21.8 Å². The van der Waals surface area contributed by atoms with Crippen LogP contribution in [0.1, 0.15) is 26.3 Å². The predicted octanol–water partition coefficient (Wildman–Crippen LogP) is 9.09. The van der Waals surface area contributed by atoms with Gasteiger partial charge in [-0.15, -0.1) is 11.3 Å². The normalized spacial score (nSPS) is 10.4. The van der Waals surface area contributed by atoms with Crippen molar-refractivity contribution in [2.45, 2.75) is 0 Å². The minimum Gasteiger partial charge on any atom is -0.478 e. The van der Waals surface area contributed by atoms with Crippen LogP contribution in [0.2, 0.25) is 5.02 Å². The highest BCUT2D eigenvalue weighted by atomic mass is 35.5. The van der Waals surface area contributed by atoms with Crippen LogP contribution in [-0.4, -0.2) is 44.0 Å². The third-order valence-corrected chi connectivity index (χ3v) is 8.97. The number of nitrogens with two attached hydrogens (primary N) is 1. The second-order valence-corrected chi connectivity index (χ2v) is 12.5. The van der Waals surface area contributed by atoms with E-state index in [0.29, 0.717) is 32.3 Å². The van der Waals surface area contributed by atoms with Gasteiger partial charge in [-0.2, -0.15) is 0 Å². The second kappa shape index (κ2) is 16.1. The van der Waals surface area contributed by atoms with Crippen molar-refractivity contribution < 1.29 is 29.3 Å². The molecule has 0 fully saturated rings. The molecule has 3 N–H and O–H groups in total. The number of para-hydroxylation sites is 2. The number of nitro benzene ring substituents is 2. The summed E-state index contributed by atoms with van der Waals surface area (Å²) in [5, 5.41) is 35.4. The molecule has 0 aliphatic carbocycles. The van der Waals surface area contributed by atoms with Crippen molar-refractivity contribution in [1.29, 1.82) is 0 Å². The molecule has 0 aliphatic heterocycles. The number of rotatable bonds is 9. The number of carboxylic acid groups (broad SMARTS) is 1. The molecule has 0 spiro atoms. The maximum atomic E-state index is 12.0. The number of aromatic carboxylic acids is 1. The first-order valence-electron chi connectivity index (χ1n) is 15.0. The SMILES string of the molecule is COC(=O)c1cc(C(N)=S)ccc1-c1ccccc1[N+](=O)[O-].O=C(O)c1cc(-c2nc(-c3cccc(Cl)c3)cs2)ccc1-c1ccccc1[N+](=O)[O-]. The molecule has 0 radical (unpaired) electrons. The lowest BCUT2D eigenvalue weighted by Gasteiger charge is -2.10. The van der Waals surface area contributed by atoms with Crippen LogP contribution in [0.25, 0.3) is 44.1 Å². The van der Waals surface area contributed by atoms with Crippen molar-refractivity contribution in [2.24, 2.45) is 5.73 Å². The van der Waals surface area contributed by atoms with E-state index in [1.54, 1.807) is 72.8 Å². The van der Waals surface area contributed by atoms with Crippen molar-refractivity contribution in [2.75, 3.05) is 7.11 Å². The molecule has 12 nitrogen and oxygen atoms in total. The zero-order valence-corrected chi connectivity index (χ0v) is 29.3. The predicted molar refractivity (Wildman–Crippen MR) is 203 cm³/mol. The van der Waals surface area contributed by atoms with Crippen molar-refractivity contribution in [3.05, 3.63) is 157 Å². The number of hydrogen-bond acceptors (Lipinski definition) is 10. The molecule has 0 saturated carbocycles. The number of thiocarbonyl (C=S) groups is 1. The van der Waals surface area contributed by atoms with Gasteiger partial charge in [0.05, 0.1) is 44.9 Å². The van der Waals surface area contributed by atoms with Crippen LogP contribution in [0, 0.1) is 20.2 Å². The van der Waals surface area contributed by atoms with Crippen LogP contribution in [0.3, 0.4) is 0 Å². The highest BCUT2D eigenvalue weighted by Crippen LogP contribution is 2.37. The van der Waals surface area contributed by atoms with Gasteiger partial charge in [0.2, 0.25) is 0 Å². The van der Waals surface area contributed by atoms with Crippen LogP contribution in [0.5, 0.6) is 0 Å². The lowest BCUT2D eigenvalue weighted by Crippen LogP contribution is -2.12. The minimum atomic E-state index is -1.17. The summed E-state index contributed by atoms with van der Waals surface area (Å²) in [4.78, 5) is 50.1. The molecule has 52 heavy (non-hydrogen) atoms. The van der Waals surface area contributed by atoms with Crippen LogP contribution in [0.15, 0.2) is 115 Å². The highest BCUT2D eigenvalue weighted by Gasteiger charge is 2.23. The zero-order chi connectivity index (χ0) is 37.5. The molecule has 0 amide bonds. The molecule has 0 aliphatic rings. The number of carboxylic acids is 1. The van der Waals surface area contributed by atoms with E-state index in [1.807, 2.05) is 17.5 Å². The number of carbonyl (C=O) groups excluding carboxylic acids is 1. The zero-order valence-electron chi connectivity index (χ0n) is 26.9. The number of halogens is 1. The number of thiazole rings is 1. The second-order valence-electron chi connectivity index (χ2n) is 10.8. The third-order valence-electron chi connectivity index (χ3n) is 7.61. The molecule has 260 valence electrons. The molecular weight excluding hydrogens is 728 g/mol. The van der Waals surface area contributed by atoms with Crippen molar-refractivity contribution in [3.63, 3.8) is 0 Å². The van der Waals surface area contributed by atoms with Gasteiger partial charge >= 0.3 is 11.9 Å². The van der Waals surface area contributed by atoms with E-state index in [0.717, 1.165) is 11.3 Å². The van der Waals surface area contributed by atoms with Gasteiger partial charge in [0.25, 0.3) is 11.4 Å². The Balaban J connectivity index is 0.000000212. The van der Waals surface area contributed by atoms with Gasteiger partial charge in [-0.3, -0.25) is 20.2 Å². The fourth-order valence-corrected chi connectivity index (χ4v) is 6.35. The fraction of sp³-hybridized carbons (Fsp3) is 0.0270. The van der Waals surface area contributed by atoms with Gasteiger partial charge in [0, 0.05) is 50.4 Å². The standard InChI is InChI=1S/C22H13ClN2O4S.C15H12N2O4S/c23-15-5-3-4-13(10-15)19-12-30-21(24-19)14-8-9-16(18(11-14)22(26)27)17-6-1-2-7-20(17)25(28)29;1-21-15(18)12-8-9(14(16)22)6-7-10(12)11-4-2-3-5-13(11)17(19)20/h1-12H,(H,26,27);2-8H,1H3,(H2,16,22). The first-order valence-corrected chi connectivity index (χ1v) is 16.6. The van der Waals surface area contributed by atoms with E-state index in [-0.39, 0.29) is 38.6 Å². The van der Waals surface area contributed by atoms with Crippen LogP contribution < -0.4 is 5.73 Å². The number of nitrogens with zero attached hydrogens (tertiary/aromatic N) is 3. The molecule has 1 heterocycles. The summed E-state index contributed by atoms with van der Waals surface area (Å²) < 4.78 is 4.74. The number of nitro groups is 2. The number of benzene rings is 5. The molecule has 0 unspecified atom stereocenters. The molecule has 0 bridgehead atoms. The van der Waals surface area contributed by atoms with Gasteiger partial charge < -0.3 is 15.6 Å². The molecule has 6 aromatic rings. The quantitative estimate of drug-likeness (QED) is 0.0620. The molecule has 5 aromatic carbocycles. The summed E-state index contributed by atoms with van der Waals surface area (Å²) in [7, 11) is 1.24. The van der Waals surface area contributed by atoms with E-state index in [1.165, 1.54) is 42.7 Å². The number of esters is 1. The maximum absolute atomic E-state index is 12.0. The first kappa shape index (κ1) is 36.9. The van der Waals surface area contributed by atoms with E-state index in [2.05, 4.69) is 4.98 Å². The fourth-order valence-electron chi connectivity index (χ4n) is 5.21. The van der Waals surface area contributed by atoms with Gasteiger partial charge in [-0.05, 0) is 36.4 Å². The largest absolute Gasteiger partial charge is 0.478 e. The summed E-state index contributed by atoms with van der Waals surface area (Å²) in [6.45, 7) is 0. The van der Waals surface area contributed by atoms with Crippen molar-refractivity contribution in [1.82, 2.24) is 4.98 Å². The lowest BCUT2D eigenvalue weighted by molar-refractivity contribution is -0.384. The van der Waals surface area contributed by atoms with E-state index >= 15 is 0 Å². The molecule has 0 saturated heterocycles. The van der Waals surface area contributed by atoms with E-state index in [9.17, 15) is 34.9 Å². The summed E-state index contributed by atoms with van der Waals surface area (Å²) in [6.07, 6.45) is 0. The smallest absolute Gasteiger partial charge is 0.338 e. The average molecular weight is 753 g/mol. The molecule has 15 heteroatoms. The number of aromatic nitrogens is 1. The van der Waals surface area contributed by atoms with Gasteiger partial charge in [-0.1, -0.05) is 84.5 Å². The number of hydrogen-bond donors (Lipinski definition) is 2. The molecular formula is C37H25ClN4O8S2. The Morgan fingerprint density at radius 3 is 1.94 bits per heavy atom.